The van der Waals surface area contributed by atoms with E-state index in [0.29, 0.717) is 4.88 Å². The van der Waals surface area contributed by atoms with E-state index < -0.39 is 0 Å². The van der Waals surface area contributed by atoms with Gasteiger partial charge in [0.05, 0.1) is 11.7 Å². The van der Waals surface area contributed by atoms with Crippen LogP contribution in [0, 0.1) is 13.8 Å². The molecule has 96 valence electrons. The number of thiophene rings is 1. The van der Waals surface area contributed by atoms with Gasteiger partial charge in [-0.25, -0.2) is 0 Å². The summed E-state index contributed by atoms with van der Waals surface area (Å²) in [5, 5.41) is 8.72. The molecule has 1 amide bonds. The van der Waals surface area contributed by atoms with Gasteiger partial charge in [0.2, 0.25) is 0 Å². The number of carbonyl (C=O) groups excluding carboxylic acids is 1. The zero-order valence-electron chi connectivity index (χ0n) is 10.3. The molecule has 18 heavy (non-hydrogen) atoms. The van der Waals surface area contributed by atoms with Crippen molar-refractivity contribution in [2.75, 3.05) is 0 Å². The van der Waals surface area contributed by atoms with Gasteiger partial charge in [-0.15, -0.1) is 11.3 Å². The number of amides is 1. The highest BCUT2D eigenvalue weighted by atomic mass is 79.9. The smallest absolute Gasteiger partial charge is 0.262 e. The van der Waals surface area contributed by atoms with Gasteiger partial charge in [0.1, 0.15) is 10.6 Å². The molecular weight excluding hydrogens is 316 g/mol. The second-order valence-electron chi connectivity index (χ2n) is 4.03. The number of halogens is 1. The molecule has 0 aliphatic heterocycles. The molecule has 2 aromatic rings. The van der Waals surface area contributed by atoms with Crippen molar-refractivity contribution < 1.29 is 9.32 Å². The van der Waals surface area contributed by atoms with Crippen molar-refractivity contribution in [1.29, 1.82) is 0 Å². The molecule has 0 fully saturated rings. The second kappa shape index (κ2) is 5.24. The lowest BCUT2D eigenvalue weighted by Crippen LogP contribution is -2.26. The fourth-order valence-electron chi connectivity index (χ4n) is 1.90. The van der Waals surface area contributed by atoms with Crippen molar-refractivity contribution in [3.63, 3.8) is 0 Å². The minimum atomic E-state index is -0.127. The van der Waals surface area contributed by atoms with Crippen LogP contribution in [-0.4, -0.2) is 11.1 Å². The number of hydrogen-bond acceptors (Lipinski definition) is 4. The minimum absolute atomic E-state index is 0.0932. The Morgan fingerprint density at radius 3 is 2.78 bits per heavy atom. The van der Waals surface area contributed by atoms with Crippen LogP contribution in [0.25, 0.3) is 0 Å². The summed E-state index contributed by atoms with van der Waals surface area (Å²) in [5.41, 5.74) is 1.75. The fourth-order valence-corrected chi connectivity index (χ4v) is 3.35. The zero-order valence-corrected chi connectivity index (χ0v) is 12.7. The summed E-state index contributed by atoms with van der Waals surface area (Å²) in [4.78, 5) is 12.7. The first-order valence-corrected chi connectivity index (χ1v) is 7.14. The molecule has 1 N–H and O–H groups in total. The number of nitrogens with one attached hydrogen (secondary N) is 1. The van der Waals surface area contributed by atoms with Crippen LogP contribution in [0.3, 0.4) is 0 Å². The van der Waals surface area contributed by atoms with Gasteiger partial charge < -0.3 is 9.84 Å². The fraction of sp³-hybridized carbons (Fsp3) is 0.333. The number of aryl methyl sites for hydroxylation is 2. The lowest BCUT2D eigenvalue weighted by molar-refractivity contribution is 0.0943. The van der Waals surface area contributed by atoms with Gasteiger partial charge in [0, 0.05) is 10.0 Å². The summed E-state index contributed by atoms with van der Waals surface area (Å²) in [7, 11) is 0. The second-order valence-corrected chi connectivity index (χ2v) is 5.80. The molecule has 2 rings (SSSR count). The van der Waals surface area contributed by atoms with Gasteiger partial charge in [0.25, 0.3) is 5.91 Å². The van der Waals surface area contributed by atoms with E-state index in [1.807, 2.05) is 32.2 Å². The molecule has 0 aliphatic rings. The Labute approximate surface area is 117 Å². The molecule has 0 aromatic carbocycles. The highest BCUT2D eigenvalue weighted by Crippen LogP contribution is 2.25. The van der Waals surface area contributed by atoms with Crippen molar-refractivity contribution in [2.45, 2.75) is 26.8 Å². The normalized spacial score (nSPS) is 12.4. The first kappa shape index (κ1) is 13.3. The summed E-state index contributed by atoms with van der Waals surface area (Å²) >= 11 is 4.76. The summed E-state index contributed by atoms with van der Waals surface area (Å²) in [6.07, 6.45) is 0. The predicted molar refractivity (Wildman–Crippen MR) is 73.9 cm³/mol. The number of hydrogen-bond donors (Lipinski definition) is 1. The Balaban J connectivity index is 2.16. The van der Waals surface area contributed by atoms with Gasteiger partial charge >= 0.3 is 0 Å². The van der Waals surface area contributed by atoms with E-state index >= 15 is 0 Å². The van der Waals surface area contributed by atoms with Crippen LogP contribution in [0.15, 0.2) is 20.4 Å². The largest absolute Gasteiger partial charge is 0.361 e. The number of carbonyl (C=O) groups is 1. The summed E-state index contributed by atoms with van der Waals surface area (Å²) in [5.74, 6) is 0.648. The van der Waals surface area contributed by atoms with Gasteiger partial charge in [-0.2, -0.15) is 0 Å². The van der Waals surface area contributed by atoms with E-state index in [9.17, 15) is 4.79 Å². The van der Waals surface area contributed by atoms with Crippen LogP contribution in [0.2, 0.25) is 0 Å². The first-order chi connectivity index (χ1) is 8.50. The van der Waals surface area contributed by atoms with Crippen LogP contribution in [0.4, 0.5) is 0 Å². The molecule has 4 nitrogen and oxygen atoms in total. The third-order valence-corrected chi connectivity index (χ3v) is 4.53. The molecule has 0 saturated heterocycles. The van der Waals surface area contributed by atoms with E-state index in [-0.39, 0.29) is 11.9 Å². The van der Waals surface area contributed by atoms with Crippen LogP contribution in [0.5, 0.6) is 0 Å². The van der Waals surface area contributed by atoms with Crippen molar-refractivity contribution in [3.8, 4) is 0 Å². The molecule has 0 radical (unpaired) electrons. The van der Waals surface area contributed by atoms with Crippen molar-refractivity contribution in [2.24, 2.45) is 0 Å². The molecule has 1 unspecified atom stereocenters. The Kier molecular flexibility index (Phi) is 3.87. The zero-order chi connectivity index (χ0) is 13.3. The maximum absolute atomic E-state index is 12.1. The molecule has 6 heteroatoms. The Morgan fingerprint density at radius 1 is 1.56 bits per heavy atom. The Morgan fingerprint density at radius 2 is 2.28 bits per heavy atom. The molecule has 2 heterocycles. The third-order valence-electron chi connectivity index (χ3n) is 2.69. The molecule has 2 aromatic heterocycles. The minimum Gasteiger partial charge on any atom is -0.361 e. The van der Waals surface area contributed by atoms with Crippen LogP contribution in [0.1, 0.15) is 39.7 Å². The lowest BCUT2D eigenvalue weighted by atomic mass is 10.1. The highest BCUT2D eigenvalue weighted by molar-refractivity contribution is 9.10. The molecule has 0 bridgehead atoms. The highest BCUT2D eigenvalue weighted by Gasteiger charge is 2.20. The van der Waals surface area contributed by atoms with Crippen LogP contribution in [-0.2, 0) is 0 Å². The summed E-state index contributed by atoms with van der Waals surface area (Å²) in [6, 6.07) is 1.73. The van der Waals surface area contributed by atoms with E-state index in [1.165, 1.54) is 11.3 Å². The lowest BCUT2D eigenvalue weighted by Gasteiger charge is -2.13. The molecule has 0 aliphatic carbocycles. The van der Waals surface area contributed by atoms with Gasteiger partial charge in [-0.1, -0.05) is 5.16 Å². The third kappa shape index (κ3) is 2.49. The van der Waals surface area contributed by atoms with Crippen molar-refractivity contribution in [1.82, 2.24) is 10.5 Å². The van der Waals surface area contributed by atoms with Crippen molar-refractivity contribution in [3.05, 3.63) is 37.8 Å². The molecule has 0 spiro atoms. The number of aromatic nitrogens is 1. The standard InChI is InChI=1S/C12H13BrN2O2S/c1-6(10-7(2)15-17-8(10)3)14-12(16)11-9(13)4-5-18-11/h4-6H,1-3H3,(H,14,16). The van der Waals surface area contributed by atoms with E-state index in [1.54, 1.807) is 0 Å². The van der Waals surface area contributed by atoms with Gasteiger partial charge in [0.15, 0.2) is 0 Å². The molecular formula is C12H13BrN2O2S. The van der Waals surface area contributed by atoms with Crippen molar-refractivity contribution >= 4 is 33.2 Å². The molecule has 0 saturated carbocycles. The van der Waals surface area contributed by atoms with Crippen LogP contribution >= 0.6 is 27.3 Å². The predicted octanol–water partition coefficient (Wildman–Crippen LogP) is 3.61. The SMILES string of the molecule is Cc1noc(C)c1C(C)NC(=O)c1sccc1Br. The average Bonchev–Trinajstić information content (AvgIpc) is 2.85. The van der Waals surface area contributed by atoms with Crippen LogP contribution < -0.4 is 5.32 Å². The van der Waals surface area contributed by atoms with E-state index in [2.05, 4.69) is 26.4 Å². The number of nitrogens with zero attached hydrogens (tertiary/aromatic N) is 1. The summed E-state index contributed by atoms with van der Waals surface area (Å²) < 4.78 is 5.92. The van der Waals surface area contributed by atoms with Gasteiger partial charge in [-0.05, 0) is 48.1 Å². The first-order valence-electron chi connectivity index (χ1n) is 5.47. The Bertz CT molecular complexity index is 557. The monoisotopic (exact) mass is 328 g/mol. The number of rotatable bonds is 3. The average molecular weight is 329 g/mol. The van der Waals surface area contributed by atoms with Gasteiger partial charge in [-0.3, -0.25) is 4.79 Å². The summed E-state index contributed by atoms with van der Waals surface area (Å²) in [6.45, 7) is 5.64. The van der Waals surface area contributed by atoms with E-state index in [4.69, 9.17) is 4.52 Å². The quantitative estimate of drug-likeness (QED) is 0.936. The maximum atomic E-state index is 12.1. The topological polar surface area (TPSA) is 55.1 Å². The Hall–Kier alpha value is -1.14. The molecule has 1 atom stereocenters. The van der Waals surface area contributed by atoms with E-state index in [0.717, 1.165) is 21.5 Å². The maximum Gasteiger partial charge on any atom is 0.262 e.